The van der Waals surface area contributed by atoms with Gasteiger partial charge in [-0.15, -0.1) is 0 Å². The molecular weight excluding hydrogens is 354 g/mol. The molecule has 2 fully saturated rings. The molecule has 154 valence electrons. The second kappa shape index (κ2) is 8.60. The normalized spacial score (nSPS) is 21.6. The van der Waals surface area contributed by atoms with Crippen LogP contribution in [0.2, 0.25) is 0 Å². The quantitative estimate of drug-likeness (QED) is 0.788. The minimum Gasteiger partial charge on any atom is -0.448 e. The number of rotatable bonds is 5. The van der Waals surface area contributed by atoms with Crippen molar-refractivity contribution in [1.82, 2.24) is 10.2 Å². The van der Waals surface area contributed by atoms with Gasteiger partial charge in [0.15, 0.2) is 11.5 Å². The molecule has 1 aromatic rings. The lowest BCUT2D eigenvalue weighted by Crippen LogP contribution is -2.40. The van der Waals surface area contributed by atoms with Crippen LogP contribution < -0.4 is 20.1 Å². The van der Waals surface area contributed by atoms with Crippen LogP contribution in [0.3, 0.4) is 0 Å². The molecule has 1 aromatic carbocycles. The average molecular weight is 388 g/mol. The summed E-state index contributed by atoms with van der Waals surface area (Å²) in [5.41, 5.74) is 0.741. The molecule has 0 atom stereocenters. The standard InChI is InChI=1S/C22H33N3O3/c1-2-12-25-13-8-17(9-14-25)16-23-21(26)24-18-6-7-19-20(15-18)28-22(27-19)10-4-3-5-11-22/h6-7,15,17H,2-5,8-14,16H2,1H3,(H2,23,24,26). The molecule has 3 aliphatic rings. The third kappa shape index (κ3) is 4.54. The van der Waals surface area contributed by atoms with Crippen LogP contribution in [0, 0.1) is 5.92 Å². The number of hydrogen-bond donors (Lipinski definition) is 2. The topological polar surface area (TPSA) is 62.8 Å². The molecule has 2 aliphatic heterocycles. The zero-order chi connectivity index (χ0) is 19.4. The maximum atomic E-state index is 12.3. The molecule has 2 amide bonds. The van der Waals surface area contributed by atoms with Gasteiger partial charge in [-0.25, -0.2) is 4.79 Å². The number of urea groups is 1. The van der Waals surface area contributed by atoms with Crippen LogP contribution in [0.25, 0.3) is 0 Å². The number of nitrogens with zero attached hydrogens (tertiary/aromatic N) is 1. The molecule has 28 heavy (non-hydrogen) atoms. The Morgan fingerprint density at radius 3 is 2.64 bits per heavy atom. The summed E-state index contributed by atoms with van der Waals surface area (Å²) in [6.07, 6.45) is 8.91. The minimum atomic E-state index is -0.478. The Hall–Kier alpha value is -1.95. The Kier molecular flexibility index (Phi) is 5.95. The lowest BCUT2D eigenvalue weighted by atomic mass is 9.94. The highest BCUT2D eigenvalue weighted by molar-refractivity contribution is 5.89. The van der Waals surface area contributed by atoms with Crippen molar-refractivity contribution < 1.29 is 14.3 Å². The number of likely N-dealkylation sites (tertiary alicyclic amines) is 1. The third-order valence-electron chi connectivity index (χ3n) is 6.21. The second-order valence-electron chi connectivity index (χ2n) is 8.46. The van der Waals surface area contributed by atoms with Crippen molar-refractivity contribution in [1.29, 1.82) is 0 Å². The Morgan fingerprint density at radius 2 is 1.89 bits per heavy atom. The van der Waals surface area contributed by atoms with Crippen LogP contribution in [-0.2, 0) is 0 Å². The Bertz CT molecular complexity index is 680. The fourth-order valence-corrected chi connectivity index (χ4v) is 4.61. The number of ether oxygens (including phenoxy) is 2. The van der Waals surface area contributed by atoms with Gasteiger partial charge in [-0.3, -0.25) is 0 Å². The fourth-order valence-electron chi connectivity index (χ4n) is 4.61. The molecule has 6 nitrogen and oxygen atoms in total. The first-order valence-electron chi connectivity index (χ1n) is 10.9. The van der Waals surface area contributed by atoms with E-state index < -0.39 is 5.79 Å². The minimum absolute atomic E-state index is 0.151. The molecule has 1 saturated carbocycles. The summed E-state index contributed by atoms with van der Waals surface area (Å²) in [7, 11) is 0. The second-order valence-corrected chi connectivity index (χ2v) is 8.46. The third-order valence-corrected chi connectivity index (χ3v) is 6.21. The van der Waals surface area contributed by atoms with E-state index in [0.29, 0.717) is 5.92 Å². The van der Waals surface area contributed by atoms with Gasteiger partial charge in [0, 0.05) is 31.1 Å². The maximum absolute atomic E-state index is 12.3. The van der Waals surface area contributed by atoms with Crippen molar-refractivity contribution in [3.63, 3.8) is 0 Å². The molecule has 2 heterocycles. The molecule has 0 bridgehead atoms. The van der Waals surface area contributed by atoms with E-state index in [4.69, 9.17) is 9.47 Å². The van der Waals surface area contributed by atoms with Gasteiger partial charge in [-0.1, -0.05) is 13.3 Å². The zero-order valence-electron chi connectivity index (χ0n) is 17.0. The number of carbonyl (C=O) groups excluding carboxylic acids is 1. The largest absolute Gasteiger partial charge is 0.448 e. The molecule has 0 unspecified atom stereocenters. The predicted molar refractivity (Wildman–Crippen MR) is 110 cm³/mol. The summed E-state index contributed by atoms with van der Waals surface area (Å²) in [5.74, 6) is 1.62. The molecule has 1 spiro atoms. The number of anilines is 1. The lowest BCUT2D eigenvalue weighted by Gasteiger charge is -2.31. The average Bonchev–Trinajstić information content (AvgIpc) is 3.04. The van der Waals surface area contributed by atoms with Crippen LogP contribution in [0.4, 0.5) is 10.5 Å². The Labute approximate surface area is 168 Å². The van der Waals surface area contributed by atoms with Gasteiger partial charge in [0.1, 0.15) is 0 Å². The highest BCUT2D eigenvalue weighted by Gasteiger charge is 2.42. The van der Waals surface area contributed by atoms with Gasteiger partial charge >= 0.3 is 6.03 Å². The molecule has 2 N–H and O–H groups in total. The van der Waals surface area contributed by atoms with E-state index in [1.165, 1.54) is 19.4 Å². The number of benzene rings is 1. The molecule has 1 saturated heterocycles. The van der Waals surface area contributed by atoms with Gasteiger partial charge in [-0.05, 0) is 69.8 Å². The van der Waals surface area contributed by atoms with Crippen molar-refractivity contribution in [3.8, 4) is 11.5 Å². The monoisotopic (exact) mass is 387 g/mol. The van der Waals surface area contributed by atoms with Gasteiger partial charge in [-0.2, -0.15) is 0 Å². The number of amides is 2. The van der Waals surface area contributed by atoms with E-state index in [9.17, 15) is 4.79 Å². The Morgan fingerprint density at radius 1 is 1.14 bits per heavy atom. The molecule has 0 radical (unpaired) electrons. The van der Waals surface area contributed by atoms with Crippen LogP contribution in [-0.4, -0.2) is 42.9 Å². The van der Waals surface area contributed by atoms with Crippen LogP contribution in [0.5, 0.6) is 11.5 Å². The van der Waals surface area contributed by atoms with Crippen LogP contribution >= 0.6 is 0 Å². The Balaban J connectivity index is 1.24. The van der Waals surface area contributed by atoms with Crippen molar-refractivity contribution in [2.75, 3.05) is 31.5 Å². The predicted octanol–water partition coefficient (Wildman–Crippen LogP) is 4.36. The van der Waals surface area contributed by atoms with E-state index in [2.05, 4.69) is 22.5 Å². The summed E-state index contributed by atoms with van der Waals surface area (Å²) >= 11 is 0. The SMILES string of the molecule is CCCN1CCC(CNC(=O)Nc2ccc3c(c2)OC2(CCCCC2)O3)CC1. The van der Waals surface area contributed by atoms with Gasteiger partial charge < -0.3 is 25.0 Å². The molecule has 6 heteroatoms. The summed E-state index contributed by atoms with van der Waals surface area (Å²) in [6.45, 7) is 6.44. The lowest BCUT2D eigenvalue weighted by molar-refractivity contribution is -0.105. The number of carbonyl (C=O) groups is 1. The first-order chi connectivity index (χ1) is 13.7. The van der Waals surface area contributed by atoms with Gasteiger partial charge in [0.2, 0.25) is 0 Å². The number of fused-ring (bicyclic) bond motifs is 1. The number of piperidine rings is 1. The van der Waals surface area contributed by atoms with E-state index in [1.54, 1.807) is 0 Å². The van der Waals surface area contributed by atoms with E-state index in [-0.39, 0.29) is 6.03 Å². The first kappa shape index (κ1) is 19.4. The van der Waals surface area contributed by atoms with Crippen LogP contribution in [0.1, 0.15) is 58.3 Å². The van der Waals surface area contributed by atoms with E-state index in [0.717, 1.165) is 75.3 Å². The summed E-state index contributed by atoms with van der Waals surface area (Å²) in [6, 6.07) is 5.51. The van der Waals surface area contributed by atoms with E-state index in [1.807, 2.05) is 18.2 Å². The van der Waals surface area contributed by atoms with Gasteiger partial charge in [0.05, 0.1) is 0 Å². The highest BCUT2D eigenvalue weighted by Crippen LogP contribution is 2.46. The molecule has 0 aromatic heterocycles. The number of hydrogen-bond acceptors (Lipinski definition) is 4. The smallest absolute Gasteiger partial charge is 0.319 e. The maximum Gasteiger partial charge on any atom is 0.319 e. The zero-order valence-corrected chi connectivity index (χ0v) is 17.0. The van der Waals surface area contributed by atoms with Crippen LogP contribution in [0.15, 0.2) is 18.2 Å². The van der Waals surface area contributed by atoms with Crippen molar-refractivity contribution in [2.24, 2.45) is 5.92 Å². The molecular formula is C22H33N3O3. The summed E-state index contributed by atoms with van der Waals surface area (Å²) < 4.78 is 12.2. The van der Waals surface area contributed by atoms with Gasteiger partial charge in [0.25, 0.3) is 5.79 Å². The fraction of sp³-hybridized carbons (Fsp3) is 0.682. The summed E-state index contributed by atoms with van der Waals surface area (Å²) in [5, 5.41) is 5.97. The molecule has 1 aliphatic carbocycles. The van der Waals surface area contributed by atoms with Crippen molar-refractivity contribution in [3.05, 3.63) is 18.2 Å². The van der Waals surface area contributed by atoms with E-state index >= 15 is 0 Å². The molecule has 4 rings (SSSR count). The highest BCUT2D eigenvalue weighted by atomic mass is 16.7. The summed E-state index contributed by atoms with van der Waals surface area (Å²) in [4.78, 5) is 14.8. The van der Waals surface area contributed by atoms with Crippen molar-refractivity contribution in [2.45, 2.75) is 64.1 Å². The first-order valence-corrected chi connectivity index (χ1v) is 10.9. The van der Waals surface area contributed by atoms with Crippen molar-refractivity contribution >= 4 is 11.7 Å². The number of nitrogens with one attached hydrogen (secondary N) is 2.